The average Bonchev–Trinajstić information content (AvgIpc) is 2.83. The van der Waals surface area contributed by atoms with E-state index >= 15 is 0 Å². The monoisotopic (exact) mass is 242 g/mol. The van der Waals surface area contributed by atoms with Gasteiger partial charge in [0, 0.05) is 20.2 Å². The molecule has 2 fully saturated rings. The molecular formula is C12H22N2O3. The fraction of sp³-hybridized carbons (Fsp3) is 0.917. The first-order valence-corrected chi connectivity index (χ1v) is 6.40. The number of carbonyl (C=O) groups excluding carboxylic acids is 1. The molecule has 5 nitrogen and oxygen atoms in total. The Hall–Kier alpha value is -0.650. The van der Waals surface area contributed by atoms with E-state index < -0.39 is 0 Å². The molecule has 0 aromatic rings. The van der Waals surface area contributed by atoms with Crippen molar-refractivity contribution in [2.75, 3.05) is 26.8 Å². The highest BCUT2D eigenvalue weighted by Crippen LogP contribution is 2.30. The minimum Gasteiger partial charge on any atom is -0.380 e. The van der Waals surface area contributed by atoms with Gasteiger partial charge in [-0.15, -0.1) is 0 Å². The quantitative estimate of drug-likeness (QED) is 0.761. The van der Waals surface area contributed by atoms with Gasteiger partial charge in [0.1, 0.15) is 0 Å². The summed E-state index contributed by atoms with van der Waals surface area (Å²) in [5.41, 5.74) is 5.55. The normalized spacial score (nSPS) is 30.1. The Morgan fingerprint density at radius 2 is 2.41 bits per heavy atom. The lowest BCUT2D eigenvalue weighted by molar-refractivity contribution is -0.146. The van der Waals surface area contributed by atoms with Crippen molar-refractivity contribution in [1.29, 1.82) is 0 Å². The Labute approximate surface area is 102 Å². The van der Waals surface area contributed by atoms with E-state index in [0.717, 1.165) is 19.3 Å². The van der Waals surface area contributed by atoms with Gasteiger partial charge >= 0.3 is 0 Å². The molecule has 0 spiro atoms. The number of amides is 1. The van der Waals surface area contributed by atoms with E-state index in [0.29, 0.717) is 26.1 Å². The Morgan fingerprint density at radius 1 is 1.59 bits per heavy atom. The molecule has 1 saturated heterocycles. The Morgan fingerprint density at radius 3 is 3.12 bits per heavy atom. The van der Waals surface area contributed by atoms with Gasteiger partial charge in [-0.1, -0.05) is 0 Å². The number of rotatable bonds is 4. The van der Waals surface area contributed by atoms with Gasteiger partial charge in [-0.05, 0) is 19.3 Å². The van der Waals surface area contributed by atoms with Crippen LogP contribution >= 0.6 is 0 Å². The van der Waals surface area contributed by atoms with Crippen LogP contribution in [0.15, 0.2) is 0 Å². The molecule has 1 heterocycles. The zero-order valence-electron chi connectivity index (χ0n) is 10.4. The molecule has 1 amide bonds. The van der Waals surface area contributed by atoms with E-state index in [2.05, 4.69) is 0 Å². The molecule has 0 aromatic heterocycles. The number of hydrogen-bond acceptors (Lipinski definition) is 4. The van der Waals surface area contributed by atoms with Crippen molar-refractivity contribution in [2.24, 2.45) is 5.73 Å². The minimum atomic E-state index is -0.162. The van der Waals surface area contributed by atoms with Crippen molar-refractivity contribution < 1.29 is 14.3 Å². The molecule has 1 aliphatic carbocycles. The number of nitrogens with two attached hydrogens (primary N) is 1. The lowest BCUT2D eigenvalue weighted by Crippen LogP contribution is -2.52. The maximum Gasteiger partial charge on any atom is 0.225 e. The summed E-state index contributed by atoms with van der Waals surface area (Å²) in [6, 6.07) is 0.284. The van der Waals surface area contributed by atoms with Gasteiger partial charge in [0.2, 0.25) is 5.91 Å². The first kappa shape index (κ1) is 12.8. The molecule has 1 saturated carbocycles. The topological polar surface area (TPSA) is 64.8 Å². The Kier molecular flexibility index (Phi) is 4.36. The van der Waals surface area contributed by atoms with Crippen molar-refractivity contribution in [3.8, 4) is 0 Å². The largest absolute Gasteiger partial charge is 0.380 e. The van der Waals surface area contributed by atoms with E-state index in [1.165, 1.54) is 0 Å². The molecule has 5 heteroatoms. The summed E-state index contributed by atoms with van der Waals surface area (Å²) in [7, 11) is 1.60. The highest BCUT2D eigenvalue weighted by Gasteiger charge is 2.38. The number of morpholine rings is 1. The van der Waals surface area contributed by atoms with E-state index in [4.69, 9.17) is 15.2 Å². The number of ether oxygens (including phenoxy) is 2. The fourth-order valence-corrected chi connectivity index (χ4v) is 2.81. The third kappa shape index (κ3) is 2.78. The van der Waals surface area contributed by atoms with Crippen molar-refractivity contribution in [3.63, 3.8) is 0 Å². The summed E-state index contributed by atoms with van der Waals surface area (Å²) in [5, 5.41) is 0. The van der Waals surface area contributed by atoms with Crippen LogP contribution in [0.2, 0.25) is 0 Å². The number of hydrogen-bond donors (Lipinski definition) is 1. The number of fused-ring (bicyclic) bond motifs is 1. The molecule has 2 N–H and O–H groups in total. The third-order valence-electron chi connectivity index (χ3n) is 3.80. The zero-order chi connectivity index (χ0) is 12.3. The van der Waals surface area contributed by atoms with Crippen LogP contribution in [0.3, 0.4) is 0 Å². The second-order valence-electron chi connectivity index (χ2n) is 4.79. The third-order valence-corrected chi connectivity index (χ3v) is 3.80. The Balaban J connectivity index is 1.93. The standard InChI is InChI=1S/C12H22N2O3/c1-16-9(8-13)7-12(15)14-5-6-17-11-4-2-3-10(11)14/h9-11H,2-8,13H2,1H3. The van der Waals surface area contributed by atoms with Crippen LogP contribution in [0.4, 0.5) is 0 Å². The van der Waals surface area contributed by atoms with Gasteiger partial charge in [-0.3, -0.25) is 4.79 Å². The van der Waals surface area contributed by atoms with Crippen LogP contribution in [-0.2, 0) is 14.3 Å². The molecule has 3 unspecified atom stereocenters. The van der Waals surface area contributed by atoms with E-state index in [1.807, 2.05) is 4.90 Å². The van der Waals surface area contributed by atoms with Gasteiger partial charge in [-0.25, -0.2) is 0 Å². The van der Waals surface area contributed by atoms with E-state index in [1.54, 1.807) is 7.11 Å². The Bertz CT molecular complexity index is 268. The van der Waals surface area contributed by atoms with E-state index in [9.17, 15) is 4.79 Å². The summed E-state index contributed by atoms with van der Waals surface area (Å²) in [6.07, 6.45) is 3.78. The van der Waals surface area contributed by atoms with Crippen LogP contribution in [0.5, 0.6) is 0 Å². The van der Waals surface area contributed by atoms with Crippen molar-refractivity contribution >= 4 is 5.91 Å². The summed E-state index contributed by atoms with van der Waals surface area (Å²) >= 11 is 0. The molecule has 2 rings (SSSR count). The summed E-state index contributed by atoms with van der Waals surface area (Å²) in [5.74, 6) is 0.155. The van der Waals surface area contributed by atoms with Gasteiger partial charge in [-0.2, -0.15) is 0 Å². The van der Waals surface area contributed by atoms with Crippen molar-refractivity contribution in [2.45, 2.75) is 43.9 Å². The second kappa shape index (κ2) is 5.80. The first-order chi connectivity index (χ1) is 8.26. The predicted octanol–water partition coefficient (Wildman–Crippen LogP) is 0.130. The maximum absolute atomic E-state index is 12.2. The van der Waals surface area contributed by atoms with Crippen molar-refractivity contribution in [3.05, 3.63) is 0 Å². The van der Waals surface area contributed by atoms with Crippen LogP contribution < -0.4 is 5.73 Å². The fourth-order valence-electron chi connectivity index (χ4n) is 2.81. The SMILES string of the molecule is COC(CN)CC(=O)N1CCOC2CCCC21. The molecule has 1 aliphatic heterocycles. The predicted molar refractivity (Wildman–Crippen MR) is 63.6 cm³/mol. The molecule has 2 aliphatic rings. The molecule has 3 atom stereocenters. The van der Waals surface area contributed by atoms with Gasteiger partial charge in [0.25, 0.3) is 0 Å². The highest BCUT2D eigenvalue weighted by atomic mass is 16.5. The van der Waals surface area contributed by atoms with Crippen LogP contribution in [-0.4, -0.2) is 55.9 Å². The van der Waals surface area contributed by atoms with Gasteiger partial charge in [0.05, 0.1) is 31.3 Å². The van der Waals surface area contributed by atoms with Gasteiger partial charge < -0.3 is 20.1 Å². The van der Waals surface area contributed by atoms with Crippen LogP contribution in [0.25, 0.3) is 0 Å². The second-order valence-corrected chi connectivity index (χ2v) is 4.79. The first-order valence-electron chi connectivity index (χ1n) is 6.40. The van der Waals surface area contributed by atoms with Crippen LogP contribution in [0, 0.1) is 0 Å². The molecule has 0 radical (unpaired) electrons. The smallest absolute Gasteiger partial charge is 0.225 e. The molecule has 17 heavy (non-hydrogen) atoms. The van der Waals surface area contributed by atoms with Crippen LogP contribution in [0.1, 0.15) is 25.7 Å². The van der Waals surface area contributed by atoms with E-state index in [-0.39, 0.29) is 24.2 Å². The lowest BCUT2D eigenvalue weighted by atomic mass is 10.1. The average molecular weight is 242 g/mol. The molecule has 98 valence electrons. The molecule has 0 bridgehead atoms. The highest BCUT2D eigenvalue weighted by molar-refractivity contribution is 5.77. The number of nitrogens with zero attached hydrogens (tertiary/aromatic N) is 1. The van der Waals surface area contributed by atoms with Gasteiger partial charge in [0.15, 0.2) is 0 Å². The summed E-state index contributed by atoms with van der Waals surface area (Å²) < 4.78 is 10.9. The number of methoxy groups -OCH3 is 1. The summed E-state index contributed by atoms with van der Waals surface area (Å²) in [4.78, 5) is 14.2. The zero-order valence-corrected chi connectivity index (χ0v) is 10.4. The summed E-state index contributed by atoms with van der Waals surface area (Å²) in [6.45, 7) is 1.76. The van der Waals surface area contributed by atoms with Crippen molar-refractivity contribution in [1.82, 2.24) is 4.90 Å². The minimum absolute atomic E-state index is 0.155. The molecular weight excluding hydrogens is 220 g/mol. The molecule has 0 aromatic carbocycles. The maximum atomic E-state index is 12.2. The number of carbonyl (C=O) groups is 1. The lowest BCUT2D eigenvalue weighted by Gasteiger charge is -2.38.